The molecule has 1 aromatic rings. The number of hydrogen-bond donors (Lipinski definition) is 1. The van der Waals surface area contributed by atoms with Crippen molar-refractivity contribution in [2.45, 2.75) is 25.7 Å². The average Bonchev–Trinajstić information content (AvgIpc) is 2.93. The molecule has 1 N–H and O–H groups in total. The van der Waals surface area contributed by atoms with Crippen molar-refractivity contribution >= 4 is 11.9 Å². The SMILES string of the molecule is O=C(O)C1CCC(=O)N(CCc2ccc3c(c2)CCO3)C1. The Morgan fingerprint density at radius 3 is 3.05 bits per heavy atom. The number of fused-ring (bicyclic) bond motifs is 1. The van der Waals surface area contributed by atoms with Crippen LogP contribution in [0, 0.1) is 5.92 Å². The second-order valence-electron chi connectivity index (χ2n) is 5.70. The third-order valence-electron chi connectivity index (χ3n) is 4.27. The van der Waals surface area contributed by atoms with Crippen molar-refractivity contribution in [3.8, 4) is 5.75 Å². The number of amides is 1. The van der Waals surface area contributed by atoms with E-state index >= 15 is 0 Å². The first-order chi connectivity index (χ1) is 10.1. The molecule has 0 aliphatic carbocycles. The molecule has 1 amide bonds. The van der Waals surface area contributed by atoms with Crippen LogP contribution >= 0.6 is 0 Å². The number of ether oxygens (including phenoxy) is 1. The largest absolute Gasteiger partial charge is 0.493 e. The predicted molar refractivity (Wildman–Crippen MR) is 76.3 cm³/mol. The maximum atomic E-state index is 11.9. The van der Waals surface area contributed by atoms with E-state index in [0.29, 0.717) is 25.9 Å². The molecule has 5 heteroatoms. The summed E-state index contributed by atoms with van der Waals surface area (Å²) in [7, 11) is 0. The second-order valence-corrected chi connectivity index (χ2v) is 5.70. The van der Waals surface area contributed by atoms with Crippen LogP contribution < -0.4 is 4.74 Å². The van der Waals surface area contributed by atoms with Gasteiger partial charge in [-0.2, -0.15) is 0 Å². The third-order valence-corrected chi connectivity index (χ3v) is 4.27. The zero-order valence-electron chi connectivity index (χ0n) is 11.9. The monoisotopic (exact) mass is 289 g/mol. The molecule has 2 aliphatic rings. The number of rotatable bonds is 4. The van der Waals surface area contributed by atoms with Crippen LogP contribution in [-0.2, 0) is 22.4 Å². The predicted octanol–water partition coefficient (Wildman–Crippen LogP) is 1.49. The number of likely N-dealkylation sites (tertiary alicyclic amines) is 1. The summed E-state index contributed by atoms with van der Waals surface area (Å²) in [4.78, 5) is 24.6. The van der Waals surface area contributed by atoms with Crippen LogP contribution in [0.25, 0.3) is 0 Å². The lowest BCUT2D eigenvalue weighted by Gasteiger charge is -2.30. The number of nitrogens with zero attached hydrogens (tertiary/aromatic N) is 1. The topological polar surface area (TPSA) is 66.8 Å². The Balaban J connectivity index is 1.61. The van der Waals surface area contributed by atoms with Crippen LogP contribution in [0.15, 0.2) is 18.2 Å². The van der Waals surface area contributed by atoms with Gasteiger partial charge in [0.1, 0.15) is 5.75 Å². The van der Waals surface area contributed by atoms with E-state index in [2.05, 4.69) is 6.07 Å². The molecule has 2 heterocycles. The molecule has 1 aromatic carbocycles. The lowest BCUT2D eigenvalue weighted by molar-refractivity contribution is -0.147. The summed E-state index contributed by atoms with van der Waals surface area (Å²) in [5, 5.41) is 9.08. The van der Waals surface area contributed by atoms with Gasteiger partial charge in [0.25, 0.3) is 0 Å². The minimum atomic E-state index is -0.804. The molecule has 0 aromatic heterocycles. The Bertz CT molecular complexity index is 569. The normalized spacial score (nSPS) is 21.0. The third kappa shape index (κ3) is 3.01. The van der Waals surface area contributed by atoms with E-state index in [9.17, 15) is 9.59 Å². The minimum Gasteiger partial charge on any atom is -0.493 e. The number of carboxylic acids is 1. The highest BCUT2D eigenvalue weighted by Gasteiger charge is 2.29. The Labute approximate surface area is 123 Å². The average molecular weight is 289 g/mol. The maximum Gasteiger partial charge on any atom is 0.308 e. The van der Waals surface area contributed by atoms with E-state index in [0.717, 1.165) is 25.2 Å². The molecule has 2 aliphatic heterocycles. The van der Waals surface area contributed by atoms with Gasteiger partial charge in [-0.15, -0.1) is 0 Å². The molecule has 5 nitrogen and oxygen atoms in total. The summed E-state index contributed by atoms with van der Waals surface area (Å²) in [6.07, 6.45) is 2.49. The van der Waals surface area contributed by atoms with Gasteiger partial charge in [-0.25, -0.2) is 0 Å². The van der Waals surface area contributed by atoms with E-state index < -0.39 is 11.9 Å². The number of piperidine rings is 1. The fourth-order valence-electron chi connectivity index (χ4n) is 2.99. The minimum absolute atomic E-state index is 0.0667. The summed E-state index contributed by atoms with van der Waals surface area (Å²) in [5.74, 6) is -0.200. The lowest BCUT2D eigenvalue weighted by atomic mass is 9.97. The fraction of sp³-hybridized carbons (Fsp3) is 0.500. The summed E-state index contributed by atoms with van der Waals surface area (Å²) in [6.45, 7) is 1.66. The van der Waals surface area contributed by atoms with Crippen molar-refractivity contribution in [1.82, 2.24) is 4.90 Å². The molecule has 112 valence electrons. The summed E-state index contributed by atoms with van der Waals surface area (Å²) >= 11 is 0. The molecule has 21 heavy (non-hydrogen) atoms. The van der Waals surface area contributed by atoms with E-state index in [4.69, 9.17) is 9.84 Å². The molecular weight excluding hydrogens is 270 g/mol. The maximum absolute atomic E-state index is 11.9. The molecule has 1 atom stereocenters. The van der Waals surface area contributed by atoms with E-state index in [1.165, 1.54) is 11.1 Å². The van der Waals surface area contributed by atoms with Crippen LogP contribution in [0.1, 0.15) is 24.0 Å². The van der Waals surface area contributed by atoms with Crippen molar-refractivity contribution in [3.63, 3.8) is 0 Å². The number of benzene rings is 1. The number of carbonyl (C=O) groups excluding carboxylic acids is 1. The number of carbonyl (C=O) groups is 2. The van der Waals surface area contributed by atoms with Crippen LogP contribution in [0.3, 0.4) is 0 Å². The Morgan fingerprint density at radius 2 is 2.24 bits per heavy atom. The molecular formula is C16H19NO4. The Morgan fingerprint density at radius 1 is 1.38 bits per heavy atom. The summed E-state index contributed by atoms with van der Waals surface area (Å²) in [6, 6.07) is 6.13. The first-order valence-corrected chi connectivity index (χ1v) is 7.38. The molecule has 0 spiro atoms. The van der Waals surface area contributed by atoms with Crippen molar-refractivity contribution < 1.29 is 19.4 Å². The number of hydrogen-bond acceptors (Lipinski definition) is 3. The highest BCUT2D eigenvalue weighted by Crippen LogP contribution is 2.26. The van der Waals surface area contributed by atoms with Gasteiger partial charge in [-0.05, 0) is 30.0 Å². The fourth-order valence-corrected chi connectivity index (χ4v) is 2.99. The van der Waals surface area contributed by atoms with Gasteiger partial charge in [0.15, 0.2) is 0 Å². The van der Waals surface area contributed by atoms with Crippen molar-refractivity contribution in [3.05, 3.63) is 29.3 Å². The summed E-state index contributed by atoms with van der Waals surface area (Å²) in [5.41, 5.74) is 2.39. The van der Waals surface area contributed by atoms with E-state index in [1.807, 2.05) is 12.1 Å². The molecule has 0 bridgehead atoms. The van der Waals surface area contributed by atoms with Gasteiger partial charge in [-0.3, -0.25) is 9.59 Å². The van der Waals surface area contributed by atoms with E-state index in [1.54, 1.807) is 4.90 Å². The van der Waals surface area contributed by atoms with Gasteiger partial charge >= 0.3 is 5.97 Å². The van der Waals surface area contributed by atoms with Crippen molar-refractivity contribution in [1.29, 1.82) is 0 Å². The Hall–Kier alpha value is -2.04. The van der Waals surface area contributed by atoms with E-state index in [-0.39, 0.29) is 5.91 Å². The first kappa shape index (κ1) is 13.9. The zero-order valence-corrected chi connectivity index (χ0v) is 11.9. The van der Waals surface area contributed by atoms with Crippen LogP contribution in [0.2, 0.25) is 0 Å². The van der Waals surface area contributed by atoms with Gasteiger partial charge in [-0.1, -0.05) is 12.1 Å². The lowest BCUT2D eigenvalue weighted by Crippen LogP contribution is -2.43. The second kappa shape index (κ2) is 5.76. The van der Waals surface area contributed by atoms with Crippen LogP contribution in [-0.4, -0.2) is 41.6 Å². The molecule has 1 unspecified atom stereocenters. The molecule has 1 saturated heterocycles. The quantitative estimate of drug-likeness (QED) is 0.912. The highest BCUT2D eigenvalue weighted by atomic mass is 16.5. The summed E-state index contributed by atoms with van der Waals surface area (Å²) < 4.78 is 5.48. The van der Waals surface area contributed by atoms with Crippen molar-refractivity contribution in [2.75, 3.05) is 19.7 Å². The zero-order chi connectivity index (χ0) is 14.8. The van der Waals surface area contributed by atoms with Crippen molar-refractivity contribution in [2.24, 2.45) is 5.92 Å². The van der Waals surface area contributed by atoms with Gasteiger partial charge in [0.2, 0.25) is 5.91 Å². The van der Waals surface area contributed by atoms with Gasteiger partial charge in [0, 0.05) is 25.9 Å². The smallest absolute Gasteiger partial charge is 0.308 e. The standard InChI is InChI=1S/C16H19NO4/c18-15-4-2-13(16(19)20)10-17(15)7-5-11-1-3-14-12(9-11)6-8-21-14/h1,3,9,13H,2,4-8,10H2,(H,19,20). The first-order valence-electron chi connectivity index (χ1n) is 7.38. The van der Waals surface area contributed by atoms with Crippen LogP contribution in [0.4, 0.5) is 0 Å². The van der Waals surface area contributed by atoms with Gasteiger partial charge < -0.3 is 14.7 Å². The van der Waals surface area contributed by atoms with Crippen LogP contribution in [0.5, 0.6) is 5.75 Å². The molecule has 0 radical (unpaired) electrons. The number of aliphatic carboxylic acids is 1. The van der Waals surface area contributed by atoms with Gasteiger partial charge in [0.05, 0.1) is 12.5 Å². The molecule has 0 saturated carbocycles. The molecule has 1 fully saturated rings. The molecule has 3 rings (SSSR count). The number of carboxylic acid groups (broad SMARTS) is 1. The highest BCUT2D eigenvalue weighted by molar-refractivity contribution is 5.80. The Kier molecular flexibility index (Phi) is 3.82.